The number of β-lactam (4-membered cyclic amide) rings is 1. The molecule has 2 aliphatic rings. The topological polar surface area (TPSA) is 104 Å². The summed E-state index contributed by atoms with van der Waals surface area (Å²) in [5.74, 6) is -2.67. The molecule has 0 radical (unpaired) electrons. The molecule has 2 heterocycles. The van der Waals surface area contributed by atoms with Gasteiger partial charge in [0.05, 0.1) is 6.42 Å². The maximum atomic E-state index is 12.8. The summed E-state index contributed by atoms with van der Waals surface area (Å²) >= 11 is 0. The number of hydrogen-bond donors (Lipinski definition) is 1. The Balaban J connectivity index is 1.89. The normalized spacial score (nSPS) is 23.5. The van der Waals surface area contributed by atoms with Crippen LogP contribution in [-0.2, 0) is 30.3 Å². The quantitative estimate of drug-likeness (QED) is 0.609. The number of hydrogen-bond acceptors (Lipinski definition) is 5. The van der Waals surface area contributed by atoms with Crippen molar-refractivity contribution in [3.05, 3.63) is 47.2 Å². The lowest BCUT2D eigenvalue weighted by Gasteiger charge is -2.43. The maximum absolute atomic E-state index is 12.8. The Hall–Kier alpha value is -3.00. The molecule has 0 spiro atoms. The van der Waals surface area contributed by atoms with Gasteiger partial charge in [-0.25, -0.2) is 4.79 Å². The van der Waals surface area contributed by atoms with Crippen molar-refractivity contribution in [3.63, 3.8) is 0 Å². The molecule has 8 heteroatoms. The summed E-state index contributed by atoms with van der Waals surface area (Å²) in [5, 5.41) is 9.41. The fraction of sp³-hybridized carbons (Fsp3) is 0.368. The van der Waals surface area contributed by atoms with E-state index in [-0.39, 0.29) is 12.1 Å². The summed E-state index contributed by atoms with van der Waals surface area (Å²) in [4.78, 5) is 51.2. The number of amides is 2. The van der Waals surface area contributed by atoms with E-state index in [1.807, 2.05) is 6.07 Å². The van der Waals surface area contributed by atoms with Gasteiger partial charge in [0.25, 0.3) is 5.91 Å². The first-order valence-electron chi connectivity index (χ1n) is 8.49. The van der Waals surface area contributed by atoms with Crippen LogP contribution in [-0.4, -0.2) is 57.0 Å². The number of Topliss-reactive ketones (excluding diaryl/α,β-unsaturated/α-hetero) is 1. The third kappa shape index (κ3) is 3.12. The Morgan fingerprint density at radius 3 is 2.26 bits per heavy atom. The van der Waals surface area contributed by atoms with E-state index < -0.39 is 42.1 Å². The summed E-state index contributed by atoms with van der Waals surface area (Å²) < 4.78 is 5.62. The van der Waals surface area contributed by atoms with E-state index in [1.165, 1.54) is 6.92 Å². The van der Waals surface area contributed by atoms with Gasteiger partial charge in [0.1, 0.15) is 5.70 Å². The number of allylic oxidation sites excluding steroid dienone is 1. The molecule has 0 aliphatic carbocycles. The highest BCUT2D eigenvalue weighted by Gasteiger charge is 2.63. The number of ether oxygens (including phenoxy) is 1. The molecular formula is C19H20N2O6. The number of carboxylic acids is 1. The average molecular weight is 372 g/mol. The van der Waals surface area contributed by atoms with Crippen LogP contribution in [0.4, 0.5) is 0 Å². The minimum Gasteiger partial charge on any atom is -0.477 e. The molecule has 2 fully saturated rings. The molecule has 3 atom stereocenters. The second-order valence-electron chi connectivity index (χ2n) is 6.76. The molecule has 8 nitrogen and oxygen atoms in total. The zero-order valence-corrected chi connectivity index (χ0v) is 15.2. The third-order valence-electron chi connectivity index (χ3n) is 4.59. The van der Waals surface area contributed by atoms with Crippen LogP contribution in [0.15, 0.2) is 41.6 Å². The molecule has 3 unspecified atom stereocenters. The fourth-order valence-electron chi connectivity index (χ4n) is 3.42. The molecule has 3 rings (SSSR count). The first-order valence-corrected chi connectivity index (χ1v) is 8.49. The lowest BCUT2D eigenvalue weighted by atomic mass is 10.00. The van der Waals surface area contributed by atoms with Gasteiger partial charge in [0.15, 0.2) is 24.3 Å². The van der Waals surface area contributed by atoms with Crippen LogP contribution < -0.4 is 0 Å². The van der Waals surface area contributed by atoms with E-state index in [4.69, 9.17) is 4.74 Å². The summed E-state index contributed by atoms with van der Waals surface area (Å²) in [6.45, 7) is 4.41. The number of rotatable bonds is 5. The molecule has 2 aliphatic heterocycles. The molecule has 0 bridgehead atoms. The SMILES string of the molecule is CC(=O)C1OC2C(C(=O)N2C(C(=O)O)=C(C)C)N1C(=O)Cc1ccccc1. The van der Waals surface area contributed by atoms with E-state index in [0.717, 1.165) is 15.4 Å². The van der Waals surface area contributed by atoms with Gasteiger partial charge in [-0.2, -0.15) is 0 Å². The van der Waals surface area contributed by atoms with Crippen LogP contribution in [0.5, 0.6) is 0 Å². The monoisotopic (exact) mass is 372 g/mol. The van der Waals surface area contributed by atoms with Crippen LogP contribution in [0.2, 0.25) is 0 Å². The van der Waals surface area contributed by atoms with Gasteiger partial charge in [-0.05, 0) is 31.9 Å². The van der Waals surface area contributed by atoms with Crippen molar-refractivity contribution in [1.82, 2.24) is 9.80 Å². The van der Waals surface area contributed by atoms with Crippen molar-refractivity contribution in [1.29, 1.82) is 0 Å². The minimum absolute atomic E-state index is 0.0128. The summed E-state index contributed by atoms with van der Waals surface area (Å²) in [6, 6.07) is 7.95. The number of carbonyl (C=O) groups excluding carboxylic acids is 3. The standard InChI is InChI=1S/C19H20N2O6/c1-10(2)14(19(25)26)21-16(24)15-18(21)27-17(11(3)22)20(15)13(23)9-12-7-5-4-6-8-12/h4-8,15,17-18H,9H2,1-3H3,(H,25,26). The van der Waals surface area contributed by atoms with E-state index in [9.17, 15) is 24.3 Å². The maximum Gasteiger partial charge on any atom is 0.352 e. The Bertz CT molecular complexity index is 843. The minimum atomic E-state index is -1.26. The number of likely N-dealkylation sites (tertiary alicyclic amines) is 1. The second kappa shape index (κ2) is 6.96. The summed E-state index contributed by atoms with van der Waals surface area (Å²) in [5.41, 5.74) is 0.972. The van der Waals surface area contributed by atoms with Crippen molar-refractivity contribution in [2.45, 2.75) is 45.7 Å². The van der Waals surface area contributed by atoms with Gasteiger partial charge < -0.3 is 9.84 Å². The van der Waals surface area contributed by atoms with Gasteiger partial charge in [-0.1, -0.05) is 30.3 Å². The van der Waals surface area contributed by atoms with Crippen LogP contribution in [0, 0.1) is 0 Å². The van der Waals surface area contributed by atoms with Crippen molar-refractivity contribution in [3.8, 4) is 0 Å². The number of fused-ring (bicyclic) bond motifs is 1. The van der Waals surface area contributed by atoms with Crippen molar-refractivity contribution >= 4 is 23.6 Å². The first kappa shape index (κ1) is 18.8. The highest BCUT2D eigenvalue weighted by atomic mass is 16.6. The smallest absolute Gasteiger partial charge is 0.352 e. The first-order chi connectivity index (χ1) is 12.7. The molecule has 0 saturated carbocycles. The van der Waals surface area contributed by atoms with E-state index in [2.05, 4.69) is 0 Å². The van der Waals surface area contributed by atoms with Gasteiger partial charge in [-0.3, -0.25) is 24.2 Å². The fourth-order valence-corrected chi connectivity index (χ4v) is 3.42. The van der Waals surface area contributed by atoms with Crippen LogP contribution in [0.1, 0.15) is 26.3 Å². The average Bonchev–Trinajstić information content (AvgIpc) is 2.96. The lowest BCUT2D eigenvalue weighted by molar-refractivity contribution is -0.170. The zero-order chi connectivity index (χ0) is 19.9. The highest BCUT2D eigenvalue weighted by molar-refractivity contribution is 6.02. The number of aliphatic carboxylic acids is 1. The molecule has 0 aromatic heterocycles. The Morgan fingerprint density at radius 2 is 1.74 bits per heavy atom. The van der Waals surface area contributed by atoms with Crippen LogP contribution in [0.25, 0.3) is 0 Å². The molecule has 2 amide bonds. The largest absolute Gasteiger partial charge is 0.477 e. The summed E-state index contributed by atoms with van der Waals surface area (Å²) in [7, 11) is 0. The van der Waals surface area contributed by atoms with E-state index in [0.29, 0.717) is 5.57 Å². The summed E-state index contributed by atoms with van der Waals surface area (Å²) in [6.07, 6.45) is -2.18. The molecular weight excluding hydrogens is 352 g/mol. The van der Waals surface area contributed by atoms with Crippen molar-refractivity contribution in [2.24, 2.45) is 0 Å². The Morgan fingerprint density at radius 1 is 1.11 bits per heavy atom. The number of carbonyl (C=O) groups is 4. The highest BCUT2D eigenvalue weighted by Crippen LogP contribution is 2.39. The number of ketones is 1. The Kier molecular flexibility index (Phi) is 4.84. The lowest BCUT2D eigenvalue weighted by Crippen LogP contribution is -2.67. The molecule has 1 N–H and O–H groups in total. The number of benzene rings is 1. The predicted octanol–water partition coefficient (Wildman–Crippen LogP) is 0.918. The second-order valence-corrected chi connectivity index (χ2v) is 6.76. The molecule has 142 valence electrons. The van der Waals surface area contributed by atoms with Crippen LogP contribution in [0.3, 0.4) is 0 Å². The molecule has 1 aromatic rings. The van der Waals surface area contributed by atoms with Gasteiger partial charge in [0, 0.05) is 0 Å². The zero-order valence-electron chi connectivity index (χ0n) is 15.2. The molecule has 27 heavy (non-hydrogen) atoms. The van der Waals surface area contributed by atoms with E-state index in [1.54, 1.807) is 38.1 Å². The van der Waals surface area contributed by atoms with Crippen LogP contribution >= 0.6 is 0 Å². The Labute approximate surface area is 156 Å². The molecule has 1 aromatic carbocycles. The number of carboxylic acid groups (broad SMARTS) is 1. The van der Waals surface area contributed by atoms with Gasteiger partial charge in [-0.15, -0.1) is 0 Å². The van der Waals surface area contributed by atoms with Crippen molar-refractivity contribution in [2.75, 3.05) is 0 Å². The number of nitrogens with zero attached hydrogens (tertiary/aromatic N) is 2. The van der Waals surface area contributed by atoms with Gasteiger partial charge in [0.2, 0.25) is 5.91 Å². The van der Waals surface area contributed by atoms with E-state index >= 15 is 0 Å². The molecule has 2 saturated heterocycles. The third-order valence-corrected chi connectivity index (χ3v) is 4.59. The van der Waals surface area contributed by atoms with Gasteiger partial charge >= 0.3 is 5.97 Å². The van der Waals surface area contributed by atoms with Crippen molar-refractivity contribution < 1.29 is 29.0 Å². The predicted molar refractivity (Wildman–Crippen MR) is 93.0 cm³/mol.